The predicted octanol–water partition coefficient (Wildman–Crippen LogP) is 4.16. The largest absolute Gasteiger partial charge is 0.348 e. The van der Waals surface area contributed by atoms with Crippen LogP contribution in [-0.2, 0) is 5.88 Å². The first-order valence-corrected chi connectivity index (χ1v) is 7.39. The molecule has 5 heteroatoms. The molecule has 0 aliphatic carbocycles. The third kappa shape index (κ3) is 2.82. The second-order valence-electron chi connectivity index (χ2n) is 4.37. The highest BCUT2D eigenvalue weighted by Crippen LogP contribution is 2.32. The number of nitrogens with zero attached hydrogens (tertiary/aromatic N) is 2. The van der Waals surface area contributed by atoms with Crippen molar-refractivity contribution < 1.29 is 0 Å². The molecule has 0 bridgehead atoms. The lowest BCUT2D eigenvalue weighted by atomic mass is 10.0. The molecule has 0 radical (unpaired) electrons. The zero-order valence-electron chi connectivity index (χ0n) is 9.38. The highest BCUT2D eigenvalue weighted by molar-refractivity contribution is 7.16. The summed E-state index contributed by atoms with van der Waals surface area (Å²) in [5, 5.41) is 1.61. The van der Waals surface area contributed by atoms with E-state index in [9.17, 15) is 0 Å². The molecule has 2 nitrogen and oxygen atoms in total. The lowest BCUT2D eigenvalue weighted by Crippen LogP contribution is -2.23. The summed E-state index contributed by atoms with van der Waals surface area (Å²) < 4.78 is 0. The molecule has 0 spiro atoms. The van der Waals surface area contributed by atoms with Gasteiger partial charge in [-0.3, -0.25) is 0 Å². The van der Waals surface area contributed by atoms with E-state index in [0.717, 1.165) is 29.0 Å². The van der Waals surface area contributed by atoms with Crippen LogP contribution < -0.4 is 4.90 Å². The van der Waals surface area contributed by atoms with Crippen molar-refractivity contribution in [1.29, 1.82) is 0 Å². The van der Waals surface area contributed by atoms with Gasteiger partial charge >= 0.3 is 0 Å². The van der Waals surface area contributed by atoms with Crippen molar-refractivity contribution in [1.82, 2.24) is 4.98 Å². The molecule has 1 aliphatic rings. The van der Waals surface area contributed by atoms with Crippen molar-refractivity contribution in [2.45, 2.75) is 32.1 Å². The van der Waals surface area contributed by atoms with E-state index in [-0.39, 0.29) is 0 Å². The number of rotatable bonds is 2. The Hall–Kier alpha value is 0.01000. The molecule has 2 rings (SSSR count). The highest BCUT2D eigenvalue weighted by atomic mass is 35.5. The van der Waals surface area contributed by atoms with E-state index in [1.54, 1.807) is 11.3 Å². The van der Waals surface area contributed by atoms with Gasteiger partial charge in [0.25, 0.3) is 0 Å². The number of thiazole rings is 1. The standard InChI is InChI=1S/C11H16Cl2N2S/c1-8-3-2-5-15(6-4-8)11-14-10(13)9(7-12)16-11/h8H,2-7H2,1H3. The molecule has 1 atom stereocenters. The molecule has 0 N–H and O–H groups in total. The molecule has 0 amide bonds. The second-order valence-corrected chi connectivity index (χ2v) is 6.05. The number of halogens is 2. The van der Waals surface area contributed by atoms with Crippen LogP contribution in [0.3, 0.4) is 0 Å². The average molecular weight is 279 g/mol. The van der Waals surface area contributed by atoms with Crippen LogP contribution in [0.25, 0.3) is 0 Å². The smallest absolute Gasteiger partial charge is 0.187 e. The number of hydrogen-bond donors (Lipinski definition) is 0. The molecule has 2 heterocycles. The molecular formula is C11H16Cl2N2S. The summed E-state index contributed by atoms with van der Waals surface area (Å²) in [6.45, 7) is 4.51. The van der Waals surface area contributed by atoms with Crippen LogP contribution >= 0.6 is 34.5 Å². The molecular weight excluding hydrogens is 263 g/mol. The molecule has 1 saturated heterocycles. The van der Waals surface area contributed by atoms with Crippen molar-refractivity contribution in [2.75, 3.05) is 18.0 Å². The second kappa shape index (κ2) is 5.56. The van der Waals surface area contributed by atoms with Gasteiger partial charge in [0.15, 0.2) is 5.13 Å². The Morgan fingerprint density at radius 2 is 2.25 bits per heavy atom. The van der Waals surface area contributed by atoms with Crippen LogP contribution in [0.4, 0.5) is 5.13 Å². The van der Waals surface area contributed by atoms with Crippen LogP contribution in [-0.4, -0.2) is 18.1 Å². The first-order chi connectivity index (χ1) is 7.70. The van der Waals surface area contributed by atoms with Crippen molar-refractivity contribution >= 4 is 39.7 Å². The van der Waals surface area contributed by atoms with E-state index in [0.29, 0.717) is 11.0 Å². The fourth-order valence-electron chi connectivity index (χ4n) is 1.99. The first kappa shape index (κ1) is 12.5. The predicted molar refractivity (Wildman–Crippen MR) is 71.9 cm³/mol. The number of hydrogen-bond acceptors (Lipinski definition) is 3. The molecule has 1 aromatic rings. The summed E-state index contributed by atoms with van der Waals surface area (Å²) in [5.41, 5.74) is 0. The van der Waals surface area contributed by atoms with Gasteiger partial charge in [-0.2, -0.15) is 0 Å². The Bertz CT molecular complexity index is 354. The molecule has 90 valence electrons. The fourth-order valence-corrected chi connectivity index (χ4v) is 3.52. The fraction of sp³-hybridized carbons (Fsp3) is 0.727. The van der Waals surface area contributed by atoms with Gasteiger partial charge < -0.3 is 4.90 Å². The van der Waals surface area contributed by atoms with E-state index in [2.05, 4.69) is 16.8 Å². The van der Waals surface area contributed by atoms with Gasteiger partial charge in [0.2, 0.25) is 0 Å². The van der Waals surface area contributed by atoms with Gasteiger partial charge in [0.05, 0.1) is 10.8 Å². The number of anilines is 1. The quantitative estimate of drug-likeness (QED) is 0.756. The van der Waals surface area contributed by atoms with Gasteiger partial charge in [0, 0.05) is 13.1 Å². The van der Waals surface area contributed by atoms with E-state index < -0.39 is 0 Å². The van der Waals surface area contributed by atoms with Gasteiger partial charge in [-0.05, 0) is 25.2 Å². The van der Waals surface area contributed by atoms with Gasteiger partial charge in [0.1, 0.15) is 5.15 Å². The van der Waals surface area contributed by atoms with Crippen molar-refractivity contribution in [3.63, 3.8) is 0 Å². The molecule has 0 saturated carbocycles. The number of aromatic nitrogens is 1. The van der Waals surface area contributed by atoms with Crippen LogP contribution in [0, 0.1) is 5.92 Å². The summed E-state index contributed by atoms with van der Waals surface area (Å²) in [7, 11) is 0. The minimum absolute atomic E-state index is 0.459. The monoisotopic (exact) mass is 278 g/mol. The summed E-state index contributed by atoms with van der Waals surface area (Å²) in [6.07, 6.45) is 3.81. The lowest BCUT2D eigenvalue weighted by molar-refractivity contribution is 0.521. The maximum absolute atomic E-state index is 6.02. The zero-order chi connectivity index (χ0) is 11.5. The topological polar surface area (TPSA) is 16.1 Å². The molecule has 1 aromatic heterocycles. The van der Waals surface area contributed by atoms with E-state index in [1.165, 1.54) is 19.3 Å². The third-order valence-electron chi connectivity index (χ3n) is 3.05. The first-order valence-electron chi connectivity index (χ1n) is 5.67. The van der Waals surface area contributed by atoms with Crippen molar-refractivity contribution in [3.8, 4) is 0 Å². The molecule has 1 fully saturated rings. The summed E-state index contributed by atoms with van der Waals surface area (Å²) in [6, 6.07) is 0. The Labute approximate surface area is 111 Å². The minimum Gasteiger partial charge on any atom is -0.348 e. The van der Waals surface area contributed by atoms with Crippen LogP contribution in [0.15, 0.2) is 0 Å². The summed E-state index contributed by atoms with van der Waals surface area (Å²) in [4.78, 5) is 7.72. The molecule has 1 aliphatic heterocycles. The minimum atomic E-state index is 0.459. The van der Waals surface area contributed by atoms with Gasteiger partial charge in [-0.25, -0.2) is 4.98 Å². The van der Waals surface area contributed by atoms with Gasteiger partial charge in [-0.1, -0.05) is 29.9 Å². The van der Waals surface area contributed by atoms with Crippen LogP contribution in [0.1, 0.15) is 31.1 Å². The molecule has 0 aromatic carbocycles. The number of alkyl halides is 1. The van der Waals surface area contributed by atoms with Crippen molar-refractivity contribution in [3.05, 3.63) is 10.0 Å². The Balaban J connectivity index is 2.10. The van der Waals surface area contributed by atoms with Crippen molar-refractivity contribution in [2.24, 2.45) is 5.92 Å². The maximum atomic E-state index is 6.02. The van der Waals surface area contributed by atoms with Gasteiger partial charge in [-0.15, -0.1) is 11.6 Å². The Morgan fingerprint density at radius 3 is 2.94 bits per heavy atom. The normalized spacial score (nSPS) is 22.2. The summed E-state index contributed by atoms with van der Waals surface area (Å²) >= 11 is 13.5. The van der Waals surface area contributed by atoms with Crippen LogP contribution in [0.2, 0.25) is 5.15 Å². The SMILES string of the molecule is CC1CCCN(c2nc(Cl)c(CCl)s2)CC1. The molecule has 16 heavy (non-hydrogen) atoms. The molecule has 1 unspecified atom stereocenters. The van der Waals surface area contributed by atoms with E-state index >= 15 is 0 Å². The highest BCUT2D eigenvalue weighted by Gasteiger charge is 2.18. The summed E-state index contributed by atoms with van der Waals surface area (Å²) in [5.74, 6) is 1.29. The van der Waals surface area contributed by atoms with E-state index in [4.69, 9.17) is 23.2 Å². The average Bonchev–Trinajstić information content (AvgIpc) is 2.50. The zero-order valence-corrected chi connectivity index (χ0v) is 11.7. The lowest BCUT2D eigenvalue weighted by Gasteiger charge is -2.18. The van der Waals surface area contributed by atoms with Crippen LogP contribution in [0.5, 0.6) is 0 Å². The van der Waals surface area contributed by atoms with E-state index in [1.807, 2.05) is 0 Å². The Kier molecular flexibility index (Phi) is 4.34. The Morgan fingerprint density at radius 1 is 1.44 bits per heavy atom. The third-order valence-corrected chi connectivity index (χ3v) is 5.01. The maximum Gasteiger partial charge on any atom is 0.187 e.